The third kappa shape index (κ3) is 6.08. The van der Waals surface area contributed by atoms with Gasteiger partial charge in [-0.3, -0.25) is 14.7 Å². The molecule has 0 unspecified atom stereocenters. The Hall–Kier alpha value is -3.20. The van der Waals surface area contributed by atoms with Crippen LogP contribution in [0.1, 0.15) is 36.8 Å². The Morgan fingerprint density at radius 1 is 0.971 bits per heavy atom. The minimum Gasteiger partial charge on any atom is -0.497 e. The molecule has 35 heavy (non-hydrogen) atoms. The summed E-state index contributed by atoms with van der Waals surface area (Å²) in [5.41, 5.74) is 8.69. The summed E-state index contributed by atoms with van der Waals surface area (Å²) >= 11 is 0. The molecule has 188 valence electrons. The van der Waals surface area contributed by atoms with Crippen LogP contribution in [0.3, 0.4) is 0 Å². The number of likely N-dealkylation sites (tertiary alicyclic amines) is 2. The van der Waals surface area contributed by atoms with Gasteiger partial charge in [-0.2, -0.15) is 0 Å². The molecule has 0 spiro atoms. The quantitative estimate of drug-likeness (QED) is 0.607. The highest BCUT2D eigenvalue weighted by Crippen LogP contribution is 2.30. The molecule has 3 heterocycles. The van der Waals surface area contributed by atoms with Crippen molar-refractivity contribution in [1.29, 1.82) is 0 Å². The summed E-state index contributed by atoms with van der Waals surface area (Å²) in [6.45, 7) is 4.14. The Morgan fingerprint density at radius 3 is 2.09 bits per heavy atom. The molecule has 0 atom stereocenters. The molecule has 1 amide bonds. The number of benzene rings is 1. The maximum atomic E-state index is 13.2. The van der Waals surface area contributed by atoms with E-state index in [1.54, 1.807) is 26.6 Å². The summed E-state index contributed by atoms with van der Waals surface area (Å²) in [7, 11) is 5.15. The third-order valence-electron chi connectivity index (χ3n) is 7.15. The molecule has 0 radical (unpaired) electrons. The third-order valence-corrected chi connectivity index (χ3v) is 7.15. The Balaban J connectivity index is 1.29. The highest BCUT2D eigenvalue weighted by atomic mass is 16.5. The number of rotatable bonds is 7. The van der Waals surface area contributed by atoms with Crippen molar-refractivity contribution in [1.82, 2.24) is 19.8 Å². The van der Waals surface area contributed by atoms with Gasteiger partial charge in [-0.1, -0.05) is 0 Å². The van der Waals surface area contributed by atoms with E-state index in [9.17, 15) is 4.79 Å². The Morgan fingerprint density at radius 2 is 1.54 bits per heavy atom. The number of hydrogen-bond donors (Lipinski definition) is 1. The Kier molecular flexibility index (Phi) is 8.17. The molecular formula is C26H36N6O3. The lowest BCUT2D eigenvalue weighted by Gasteiger charge is -2.37. The second-order valence-corrected chi connectivity index (χ2v) is 9.31. The number of nitrogens with zero attached hydrogens (tertiary/aromatic N) is 5. The number of nitrogen functional groups attached to an aromatic ring is 1. The summed E-state index contributed by atoms with van der Waals surface area (Å²) < 4.78 is 10.9. The van der Waals surface area contributed by atoms with Gasteiger partial charge in [-0.05, 0) is 50.9 Å². The first-order chi connectivity index (χ1) is 17.0. The summed E-state index contributed by atoms with van der Waals surface area (Å²) in [6.07, 6.45) is 7.15. The number of aromatic nitrogens is 2. The first-order valence-corrected chi connectivity index (χ1v) is 12.3. The monoisotopic (exact) mass is 480 g/mol. The van der Waals surface area contributed by atoms with E-state index in [-0.39, 0.29) is 5.92 Å². The lowest BCUT2D eigenvalue weighted by atomic mass is 9.86. The van der Waals surface area contributed by atoms with Gasteiger partial charge in [-0.15, -0.1) is 0 Å². The van der Waals surface area contributed by atoms with Gasteiger partial charge in [0.25, 0.3) is 0 Å². The lowest BCUT2D eigenvalue weighted by molar-refractivity contribution is -0.138. The number of carbonyl (C=O) groups is 1. The van der Waals surface area contributed by atoms with Crippen molar-refractivity contribution in [2.75, 3.05) is 53.2 Å². The van der Waals surface area contributed by atoms with Crippen molar-refractivity contribution >= 4 is 17.6 Å². The summed E-state index contributed by atoms with van der Waals surface area (Å²) in [5, 5.41) is 0. The minimum atomic E-state index is 0.104. The van der Waals surface area contributed by atoms with Crippen LogP contribution in [0.5, 0.6) is 11.5 Å². The predicted octanol–water partition coefficient (Wildman–Crippen LogP) is 2.65. The molecule has 2 aromatic rings. The van der Waals surface area contributed by atoms with E-state index in [2.05, 4.69) is 24.8 Å². The van der Waals surface area contributed by atoms with Gasteiger partial charge < -0.3 is 20.1 Å². The van der Waals surface area contributed by atoms with Gasteiger partial charge in [0.2, 0.25) is 11.9 Å². The Bertz CT molecular complexity index is 1000. The van der Waals surface area contributed by atoms with Crippen LogP contribution in [-0.2, 0) is 11.3 Å². The molecule has 9 heteroatoms. The fourth-order valence-electron chi connectivity index (χ4n) is 5.18. The summed E-state index contributed by atoms with van der Waals surface area (Å²) in [4.78, 5) is 30.4. The highest BCUT2D eigenvalue weighted by molar-refractivity contribution is 6.03. The molecule has 0 bridgehead atoms. The zero-order chi connectivity index (χ0) is 24.8. The largest absolute Gasteiger partial charge is 0.497 e. The van der Waals surface area contributed by atoms with Crippen molar-refractivity contribution < 1.29 is 14.3 Å². The van der Waals surface area contributed by atoms with Gasteiger partial charge in [-0.25, -0.2) is 9.97 Å². The van der Waals surface area contributed by atoms with Crippen molar-refractivity contribution in [3.63, 3.8) is 0 Å². The van der Waals surface area contributed by atoms with Gasteiger partial charge >= 0.3 is 0 Å². The average molecular weight is 481 g/mol. The lowest BCUT2D eigenvalue weighted by Crippen LogP contribution is -2.46. The SMILES string of the molecule is CN=C(c1cc(OC)cc(OC)c1)C1CCN(C(=O)C2CCN(Cc3cnc(N)nc3)CC2)CC1. The maximum absolute atomic E-state index is 13.2. The van der Waals surface area contributed by atoms with E-state index in [4.69, 9.17) is 15.2 Å². The molecule has 2 fully saturated rings. The highest BCUT2D eigenvalue weighted by Gasteiger charge is 2.32. The van der Waals surface area contributed by atoms with Crippen LogP contribution in [0.4, 0.5) is 5.95 Å². The molecule has 2 aliphatic heterocycles. The van der Waals surface area contributed by atoms with Gasteiger partial charge in [0.15, 0.2) is 0 Å². The number of ether oxygens (including phenoxy) is 2. The second-order valence-electron chi connectivity index (χ2n) is 9.31. The van der Waals surface area contributed by atoms with E-state index < -0.39 is 0 Å². The molecule has 4 rings (SSSR count). The molecule has 2 saturated heterocycles. The number of piperidine rings is 2. The van der Waals surface area contributed by atoms with Crippen LogP contribution in [0.25, 0.3) is 0 Å². The average Bonchev–Trinajstić information content (AvgIpc) is 2.90. The number of nitrogens with two attached hydrogens (primary N) is 1. The second kappa shape index (κ2) is 11.5. The fraction of sp³-hybridized carbons (Fsp3) is 0.538. The minimum absolute atomic E-state index is 0.104. The van der Waals surface area contributed by atoms with E-state index in [1.807, 2.05) is 25.2 Å². The molecule has 1 aromatic heterocycles. The first kappa shape index (κ1) is 24.9. The topological polar surface area (TPSA) is 106 Å². The number of carbonyl (C=O) groups excluding carboxylic acids is 1. The van der Waals surface area contributed by atoms with E-state index >= 15 is 0 Å². The van der Waals surface area contributed by atoms with Crippen LogP contribution in [0.2, 0.25) is 0 Å². The number of hydrogen-bond acceptors (Lipinski definition) is 8. The van der Waals surface area contributed by atoms with Crippen LogP contribution < -0.4 is 15.2 Å². The van der Waals surface area contributed by atoms with Crippen molar-refractivity contribution in [3.05, 3.63) is 41.7 Å². The van der Waals surface area contributed by atoms with Crippen molar-refractivity contribution in [3.8, 4) is 11.5 Å². The number of aliphatic imine (C=N–C) groups is 1. The fourth-order valence-corrected chi connectivity index (χ4v) is 5.18. The molecule has 2 aliphatic rings. The van der Waals surface area contributed by atoms with Crippen LogP contribution in [0.15, 0.2) is 35.6 Å². The zero-order valence-corrected chi connectivity index (χ0v) is 20.9. The van der Waals surface area contributed by atoms with Gasteiger partial charge in [0, 0.05) is 73.8 Å². The van der Waals surface area contributed by atoms with Crippen LogP contribution in [-0.4, -0.2) is 78.8 Å². The van der Waals surface area contributed by atoms with E-state index in [0.717, 1.165) is 86.7 Å². The van der Waals surface area contributed by atoms with Gasteiger partial charge in [0.05, 0.1) is 14.2 Å². The number of anilines is 1. The molecule has 1 aromatic carbocycles. The summed E-state index contributed by atoms with van der Waals surface area (Å²) in [5.74, 6) is 2.52. The van der Waals surface area contributed by atoms with E-state index in [1.165, 1.54) is 0 Å². The number of amides is 1. The normalized spacial score (nSPS) is 18.5. The molecule has 2 N–H and O–H groups in total. The zero-order valence-electron chi connectivity index (χ0n) is 20.9. The van der Waals surface area contributed by atoms with Crippen molar-refractivity contribution in [2.24, 2.45) is 16.8 Å². The molecule has 0 saturated carbocycles. The standard InChI is InChI=1S/C26H36N6O3/c1-28-24(21-12-22(34-2)14-23(13-21)35-3)19-6-10-32(11-7-19)25(33)20-4-8-31(9-5-20)17-18-15-29-26(27)30-16-18/h12-16,19-20H,4-11,17H2,1-3H3,(H2,27,29,30). The Labute approximate surface area is 207 Å². The van der Waals surface area contributed by atoms with E-state index in [0.29, 0.717) is 17.8 Å². The molecule has 9 nitrogen and oxygen atoms in total. The van der Waals surface area contributed by atoms with Gasteiger partial charge in [0.1, 0.15) is 11.5 Å². The van der Waals surface area contributed by atoms with Crippen LogP contribution >= 0.6 is 0 Å². The predicted molar refractivity (Wildman–Crippen MR) is 136 cm³/mol. The molecule has 0 aliphatic carbocycles. The van der Waals surface area contributed by atoms with Crippen molar-refractivity contribution in [2.45, 2.75) is 32.2 Å². The maximum Gasteiger partial charge on any atom is 0.225 e. The summed E-state index contributed by atoms with van der Waals surface area (Å²) in [6, 6.07) is 5.88. The molecular weight excluding hydrogens is 444 g/mol. The van der Waals surface area contributed by atoms with Crippen LogP contribution in [0, 0.1) is 11.8 Å². The first-order valence-electron chi connectivity index (χ1n) is 12.3. The number of methoxy groups -OCH3 is 2. The smallest absolute Gasteiger partial charge is 0.225 e.